The molecule has 0 bridgehead atoms. The second kappa shape index (κ2) is 8.83. The van der Waals surface area contributed by atoms with Crippen molar-refractivity contribution in [1.29, 1.82) is 0 Å². The summed E-state index contributed by atoms with van der Waals surface area (Å²) in [5, 5.41) is 5.20. The highest BCUT2D eigenvalue weighted by Gasteiger charge is 2.01. The van der Waals surface area contributed by atoms with E-state index in [2.05, 4.69) is 10.5 Å². The van der Waals surface area contributed by atoms with Crippen LogP contribution in [-0.2, 0) is 4.79 Å². The van der Waals surface area contributed by atoms with E-state index in [-0.39, 0.29) is 5.91 Å². The molecule has 0 atom stereocenters. The number of benzene rings is 2. The largest absolute Gasteiger partial charge is 0.273 e. The molecule has 2 rings (SSSR count). The fourth-order valence-corrected chi connectivity index (χ4v) is 2.76. The number of thioether (sulfide) groups is 1. The van der Waals surface area contributed by atoms with E-state index in [1.807, 2.05) is 42.5 Å². The Labute approximate surface area is 143 Å². The second-order valence-electron chi connectivity index (χ2n) is 4.37. The normalized spacial score (nSPS) is 10.8. The van der Waals surface area contributed by atoms with Gasteiger partial charge in [-0.2, -0.15) is 5.10 Å². The molecular weight excluding hydrogens is 339 g/mol. The molecule has 0 aliphatic carbocycles. The van der Waals surface area contributed by atoms with Crippen molar-refractivity contribution in [3.63, 3.8) is 0 Å². The highest BCUT2D eigenvalue weighted by Crippen LogP contribution is 2.20. The third-order valence-electron chi connectivity index (χ3n) is 2.71. The Morgan fingerprint density at radius 1 is 1.14 bits per heavy atom. The zero-order valence-corrected chi connectivity index (χ0v) is 14.0. The lowest BCUT2D eigenvalue weighted by Crippen LogP contribution is -2.17. The number of rotatable bonds is 6. The van der Waals surface area contributed by atoms with Crippen molar-refractivity contribution in [3.05, 3.63) is 64.1 Å². The van der Waals surface area contributed by atoms with E-state index in [1.54, 1.807) is 17.8 Å². The van der Waals surface area contributed by atoms with Gasteiger partial charge in [-0.3, -0.25) is 4.79 Å². The van der Waals surface area contributed by atoms with Gasteiger partial charge in [0.15, 0.2) is 0 Å². The Morgan fingerprint density at radius 2 is 1.86 bits per heavy atom. The molecule has 0 heterocycles. The van der Waals surface area contributed by atoms with E-state index in [0.29, 0.717) is 22.2 Å². The third-order valence-corrected chi connectivity index (χ3v) is 4.32. The van der Waals surface area contributed by atoms with Crippen LogP contribution in [-0.4, -0.2) is 17.9 Å². The summed E-state index contributed by atoms with van der Waals surface area (Å²) in [6.45, 7) is 0. The van der Waals surface area contributed by atoms with Gasteiger partial charge in [0, 0.05) is 32.7 Å². The maximum absolute atomic E-state index is 11.7. The molecule has 0 saturated heterocycles. The fourth-order valence-electron chi connectivity index (χ4n) is 1.60. The van der Waals surface area contributed by atoms with E-state index in [1.165, 1.54) is 6.21 Å². The van der Waals surface area contributed by atoms with Crippen LogP contribution in [0.3, 0.4) is 0 Å². The number of amides is 1. The van der Waals surface area contributed by atoms with Gasteiger partial charge in [0.1, 0.15) is 0 Å². The maximum atomic E-state index is 11.7. The summed E-state index contributed by atoms with van der Waals surface area (Å²) < 4.78 is 0. The number of nitrogens with one attached hydrogen (secondary N) is 1. The van der Waals surface area contributed by atoms with Gasteiger partial charge in [-0.25, -0.2) is 5.43 Å². The summed E-state index contributed by atoms with van der Waals surface area (Å²) >= 11 is 13.4. The molecule has 0 unspecified atom stereocenters. The average Bonchev–Trinajstić information content (AvgIpc) is 2.51. The summed E-state index contributed by atoms with van der Waals surface area (Å²) in [6, 6.07) is 14.8. The van der Waals surface area contributed by atoms with Gasteiger partial charge in [-0.1, -0.05) is 41.4 Å². The van der Waals surface area contributed by atoms with E-state index in [0.717, 1.165) is 10.5 Å². The summed E-state index contributed by atoms with van der Waals surface area (Å²) in [5.41, 5.74) is 3.26. The minimum Gasteiger partial charge on any atom is -0.273 e. The van der Waals surface area contributed by atoms with Gasteiger partial charge >= 0.3 is 0 Å². The van der Waals surface area contributed by atoms with Crippen molar-refractivity contribution in [1.82, 2.24) is 5.43 Å². The topological polar surface area (TPSA) is 41.5 Å². The van der Waals surface area contributed by atoms with Crippen molar-refractivity contribution in [3.8, 4) is 0 Å². The molecule has 0 aromatic heterocycles. The Bertz CT molecular complexity index is 659. The van der Waals surface area contributed by atoms with E-state index in [9.17, 15) is 4.79 Å². The maximum Gasteiger partial charge on any atom is 0.240 e. The van der Waals surface area contributed by atoms with Gasteiger partial charge in [0.2, 0.25) is 5.91 Å². The first-order valence-corrected chi connectivity index (χ1v) is 8.34. The van der Waals surface area contributed by atoms with Crippen LogP contribution in [0.5, 0.6) is 0 Å². The average molecular weight is 353 g/mol. The Kier molecular flexibility index (Phi) is 6.77. The highest BCUT2D eigenvalue weighted by atomic mass is 35.5. The van der Waals surface area contributed by atoms with Crippen LogP contribution in [0.2, 0.25) is 10.0 Å². The Balaban J connectivity index is 1.72. The van der Waals surface area contributed by atoms with E-state index < -0.39 is 0 Å². The molecule has 0 fully saturated rings. The van der Waals surface area contributed by atoms with Crippen LogP contribution in [0.25, 0.3) is 0 Å². The number of carbonyl (C=O) groups is 1. The molecule has 0 spiro atoms. The number of hydrogen-bond acceptors (Lipinski definition) is 3. The molecule has 0 radical (unpaired) electrons. The van der Waals surface area contributed by atoms with E-state index in [4.69, 9.17) is 23.2 Å². The minimum atomic E-state index is -0.134. The standard InChI is InChI=1S/C16H14Cl2N2OS/c17-13-5-7-14(8-6-13)22-10-9-16(21)20-19-11-12-3-1-2-4-15(12)18/h1-8,11H,9-10H2,(H,20,21)/b19-11-. The second-order valence-corrected chi connectivity index (χ2v) is 6.38. The summed E-state index contributed by atoms with van der Waals surface area (Å²) in [6.07, 6.45) is 1.92. The smallest absolute Gasteiger partial charge is 0.240 e. The lowest BCUT2D eigenvalue weighted by molar-refractivity contribution is -0.120. The third kappa shape index (κ3) is 5.72. The molecule has 3 nitrogen and oxygen atoms in total. The quantitative estimate of drug-likeness (QED) is 0.468. The van der Waals surface area contributed by atoms with Gasteiger partial charge in [0.05, 0.1) is 6.21 Å². The number of hydrogen-bond donors (Lipinski definition) is 1. The van der Waals surface area contributed by atoms with Gasteiger partial charge in [-0.15, -0.1) is 11.8 Å². The van der Waals surface area contributed by atoms with Crippen LogP contribution < -0.4 is 5.43 Å². The molecule has 2 aromatic carbocycles. The molecule has 0 saturated carbocycles. The van der Waals surface area contributed by atoms with Crippen molar-refractivity contribution >= 4 is 47.1 Å². The SMILES string of the molecule is O=C(CCSc1ccc(Cl)cc1)N/N=C\c1ccccc1Cl. The molecular formula is C16H14Cl2N2OS. The molecule has 2 aromatic rings. The van der Waals surface area contributed by atoms with Gasteiger partial charge in [0.25, 0.3) is 0 Å². The van der Waals surface area contributed by atoms with Crippen LogP contribution in [0.15, 0.2) is 58.5 Å². The highest BCUT2D eigenvalue weighted by molar-refractivity contribution is 7.99. The van der Waals surface area contributed by atoms with Crippen molar-refractivity contribution in [2.75, 3.05) is 5.75 Å². The number of carbonyl (C=O) groups excluding carboxylic acids is 1. The number of nitrogens with zero attached hydrogens (tertiary/aromatic N) is 1. The monoisotopic (exact) mass is 352 g/mol. The predicted molar refractivity (Wildman–Crippen MR) is 94.0 cm³/mol. The van der Waals surface area contributed by atoms with E-state index >= 15 is 0 Å². The first-order chi connectivity index (χ1) is 10.6. The molecule has 0 aliphatic heterocycles. The molecule has 114 valence electrons. The van der Waals surface area contributed by atoms with Crippen molar-refractivity contribution in [2.24, 2.45) is 5.10 Å². The lowest BCUT2D eigenvalue weighted by atomic mass is 10.2. The van der Waals surface area contributed by atoms with Crippen molar-refractivity contribution < 1.29 is 4.79 Å². The number of hydrazone groups is 1. The van der Waals surface area contributed by atoms with Gasteiger partial charge in [-0.05, 0) is 30.3 Å². The van der Waals surface area contributed by atoms with Crippen LogP contribution in [0.4, 0.5) is 0 Å². The summed E-state index contributed by atoms with van der Waals surface area (Å²) in [5.74, 6) is 0.541. The Hall–Kier alpha value is -1.49. The molecule has 1 amide bonds. The summed E-state index contributed by atoms with van der Waals surface area (Å²) in [4.78, 5) is 12.8. The fraction of sp³-hybridized carbons (Fsp3) is 0.125. The Morgan fingerprint density at radius 3 is 2.59 bits per heavy atom. The van der Waals surface area contributed by atoms with Crippen molar-refractivity contribution in [2.45, 2.75) is 11.3 Å². The van der Waals surface area contributed by atoms with Crippen LogP contribution in [0, 0.1) is 0 Å². The molecule has 6 heteroatoms. The molecule has 1 N–H and O–H groups in total. The molecule has 0 aliphatic rings. The first kappa shape index (κ1) is 16.9. The zero-order chi connectivity index (χ0) is 15.8. The number of halogens is 2. The van der Waals surface area contributed by atoms with Gasteiger partial charge < -0.3 is 0 Å². The molecule has 22 heavy (non-hydrogen) atoms. The minimum absolute atomic E-state index is 0.134. The lowest BCUT2D eigenvalue weighted by Gasteiger charge is -2.02. The first-order valence-electron chi connectivity index (χ1n) is 6.60. The van der Waals surface area contributed by atoms with Crippen LogP contribution >= 0.6 is 35.0 Å². The zero-order valence-electron chi connectivity index (χ0n) is 11.6. The van der Waals surface area contributed by atoms with Crippen LogP contribution in [0.1, 0.15) is 12.0 Å². The predicted octanol–water partition coefficient (Wildman–Crippen LogP) is 4.63. The summed E-state index contributed by atoms with van der Waals surface area (Å²) in [7, 11) is 0.